The van der Waals surface area contributed by atoms with Crippen molar-refractivity contribution in [3.63, 3.8) is 0 Å². The molecular weight excluding hydrogens is 266 g/mol. The predicted octanol–water partition coefficient (Wildman–Crippen LogP) is 1.96. The van der Waals surface area contributed by atoms with Crippen molar-refractivity contribution in [3.05, 3.63) is 0 Å². The topological polar surface area (TPSA) is 64.6 Å². The van der Waals surface area contributed by atoms with Crippen molar-refractivity contribution in [2.24, 2.45) is 5.92 Å². The van der Waals surface area contributed by atoms with Crippen LogP contribution in [0.2, 0.25) is 0 Å². The average molecular weight is 299 g/mol. The van der Waals surface area contributed by atoms with Crippen LogP contribution in [0.15, 0.2) is 0 Å². The minimum Gasteiger partial charge on any atom is -0.388 e. The summed E-state index contributed by atoms with van der Waals surface area (Å²) in [5, 5.41) is 15.8. The molecule has 21 heavy (non-hydrogen) atoms. The van der Waals surface area contributed by atoms with Crippen LogP contribution in [-0.4, -0.2) is 53.9 Å². The lowest BCUT2D eigenvalue weighted by molar-refractivity contribution is 0.0349. The molecule has 124 valence electrons. The second-order valence-corrected chi connectivity index (χ2v) is 6.56. The lowest BCUT2D eigenvalue weighted by Gasteiger charge is -2.35. The van der Waals surface area contributed by atoms with E-state index in [0.29, 0.717) is 32.0 Å². The van der Waals surface area contributed by atoms with E-state index in [9.17, 15) is 9.90 Å². The van der Waals surface area contributed by atoms with Crippen LogP contribution in [0.1, 0.15) is 53.4 Å². The van der Waals surface area contributed by atoms with Crippen LogP contribution >= 0.6 is 0 Å². The van der Waals surface area contributed by atoms with Crippen molar-refractivity contribution < 1.29 is 9.90 Å². The Morgan fingerprint density at radius 1 is 1.29 bits per heavy atom. The van der Waals surface area contributed by atoms with E-state index >= 15 is 0 Å². The second kappa shape index (κ2) is 8.59. The molecule has 3 N–H and O–H groups in total. The Kier molecular flexibility index (Phi) is 7.46. The van der Waals surface area contributed by atoms with Crippen molar-refractivity contribution in [1.82, 2.24) is 15.5 Å². The molecule has 1 atom stereocenters. The Hall–Kier alpha value is -0.810. The standard InChI is InChI=1S/C16H33N3O2/c1-5-16(21,6-2)12-18-15(20)17-11-14(4)19-9-7-13(3)8-10-19/h13-14,21H,5-12H2,1-4H3,(H2,17,18,20). The molecule has 0 aliphatic carbocycles. The van der Waals surface area contributed by atoms with E-state index in [0.717, 1.165) is 19.0 Å². The maximum atomic E-state index is 11.8. The second-order valence-electron chi connectivity index (χ2n) is 6.56. The molecule has 0 spiro atoms. The highest BCUT2D eigenvalue weighted by atomic mass is 16.3. The molecule has 1 heterocycles. The van der Waals surface area contributed by atoms with Crippen LogP contribution in [0.25, 0.3) is 0 Å². The molecule has 1 aliphatic rings. The third kappa shape index (κ3) is 6.22. The van der Waals surface area contributed by atoms with Gasteiger partial charge in [-0.05, 0) is 51.6 Å². The first-order valence-corrected chi connectivity index (χ1v) is 8.38. The summed E-state index contributed by atoms with van der Waals surface area (Å²) < 4.78 is 0. The van der Waals surface area contributed by atoms with Crippen molar-refractivity contribution in [2.75, 3.05) is 26.2 Å². The number of carbonyl (C=O) groups is 1. The molecular formula is C16H33N3O2. The third-order valence-corrected chi connectivity index (χ3v) is 4.89. The zero-order valence-electron chi connectivity index (χ0n) is 14.1. The van der Waals surface area contributed by atoms with Gasteiger partial charge < -0.3 is 15.7 Å². The molecule has 0 aromatic carbocycles. The normalized spacial score (nSPS) is 19.3. The maximum absolute atomic E-state index is 11.8. The highest BCUT2D eigenvalue weighted by Crippen LogP contribution is 2.17. The van der Waals surface area contributed by atoms with E-state index in [2.05, 4.69) is 29.4 Å². The van der Waals surface area contributed by atoms with Crippen LogP contribution in [0.3, 0.4) is 0 Å². The molecule has 1 aliphatic heterocycles. The first-order chi connectivity index (χ1) is 9.90. The predicted molar refractivity (Wildman–Crippen MR) is 86.4 cm³/mol. The summed E-state index contributed by atoms with van der Waals surface area (Å²) >= 11 is 0. The van der Waals surface area contributed by atoms with Gasteiger partial charge in [-0.3, -0.25) is 4.90 Å². The fourth-order valence-electron chi connectivity index (χ4n) is 2.65. The van der Waals surface area contributed by atoms with E-state index in [1.165, 1.54) is 12.8 Å². The Balaban J connectivity index is 2.23. The van der Waals surface area contributed by atoms with E-state index in [4.69, 9.17) is 0 Å². The maximum Gasteiger partial charge on any atom is 0.314 e. The number of aliphatic hydroxyl groups is 1. The van der Waals surface area contributed by atoms with Gasteiger partial charge in [0, 0.05) is 19.1 Å². The number of nitrogens with one attached hydrogen (secondary N) is 2. The molecule has 2 amide bonds. The molecule has 0 aromatic rings. The first-order valence-electron chi connectivity index (χ1n) is 8.38. The van der Waals surface area contributed by atoms with Crippen LogP contribution in [-0.2, 0) is 0 Å². The van der Waals surface area contributed by atoms with Crippen molar-refractivity contribution >= 4 is 6.03 Å². The largest absolute Gasteiger partial charge is 0.388 e. The number of piperidine rings is 1. The SMILES string of the molecule is CCC(O)(CC)CNC(=O)NCC(C)N1CCC(C)CC1. The fourth-order valence-corrected chi connectivity index (χ4v) is 2.65. The number of hydrogen-bond acceptors (Lipinski definition) is 3. The molecule has 0 bridgehead atoms. The van der Waals surface area contributed by atoms with Gasteiger partial charge in [0.2, 0.25) is 0 Å². The molecule has 5 nitrogen and oxygen atoms in total. The number of hydrogen-bond donors (Lipinski definition) is 3. The first kappa shape index (κ1) is 18.2. The van der Waals surface area contributed by atoms with E-state index in [1.807, 2.05) is 13.8 Å². The van der Waals surface area contributed by atoms with Crippen LogP contribution in [0.4, 0.5) is 4.79 Å². The summed E-state index contributed by atoms with van der Waals surface area (Å²) in [7, 11) is 0. The Morgan fingerprint density at radius 3 is 2.38 bits per heavy atom. The minimum atomic E-state index is -0.786. The lowest BCUT2D eigenvalue weighted by atomic mass is 9.98. The number of carbonyl (C=O) groups excluding carboxylic acids is 1. The van der Waals surface area contributed by atoms with E-state index in [1.54, 1.807) is 0 Å². The number of nitrogens with zero attached hydrogens (tertiary/aromatic N) is 1. The Morgan fingerprint density at radius 2 is 1.86 bits per heavy atom. The van der Waals surface area contributed by atoms with E-state index < -0.39 is 5.60 Å². The molecule has 1 unspecified atom stereocenters. The van der Waals surface area contributed by atoms with Gasteiger partial charge in [0.25, 0.3) is 0 Å². The summed E-state index contributed by atoms with van der Waals surface area (Å²) in [6.07, 6.45) is 3.78. The molecule has 5 heteroatoms. The van der Waals surface area contributed by atoms with E-state index in [-0.39, 0.29) is 6.03 Å². The summed E-state index contributed by atoms with van der Waals surface area (Å²) in [6, 6.07) is 0.173. The van der Waals surface area contributed by atoms with Crippen molar-refractivity contribution in [3.8, 4) is 0 Å². The third-order valence-electron chi connectivity index (χ3n) is 4.89. The van der Waals surface area contributed by atoms with Gasteiger partial charge in [-0.15, -0.1) is 0 Å². The number of urea groups is 1. The molecule has 0 aromatic heterocycles. The van der Waals surface area contributed by atoms with Gasteiger partial charge in [-0.2, -0.15) is 0 Å². The summed E-state index contributed by atoms with van der Waals surface area (Å²) in [6.45, 7) is 11.5. The minimum absolute atomic E-state index is 0.187. The van der Waals surface area contributed by atoms with Crippen LogP contribution in [0.5, 0.6) is 0 Å². The number of amides is 2. The van der Waals surface area contributed by atoms with Crippen LogP contribution < -0.4 is 10.6 Å². The van der Waals surface area contributed by atoms with Crippen molar-refractivity contribution in [2.45, 2.75) is 65.0 Å². The monoisotopic (exact) mass is 299 g/mol. The lowest BCUT2D eigenvalue weighted by Crippen LogP contribution is -2.50. The fraction of sp³-hybridized carbons (Fsp3) is 0.938. The smallest absolute Gasteiger partial charge is 0.314 e. The molecule has 1 rings (SSSR count). The van der Waals surface area contributed by atoms with Gasteiger partial charge in [0.05, 0.1) is 5.60 Å². The molecule has 1 fully saturated rings. The Labute approximate surface area is 129 Å². The summed E-state index contributed by atoms with van der Waals surface area (Å²) in [5.74, 6) is 0.825. The van der Waals surface area contributed by atoms with Crippen LogP contribution in [0, 0.1) is 5.92 Å². The Bertz CT molecular complexity index is 311. The average Bonchev–Trinajstić information content (AvgIpc) is 2.51. The molecule has 0 saturated carbocycles. The molecule has 0 radical (unpaired) electrons. The van der Waals surface area contributed by atoms with Gasteiger partial charge in [0.1, 0.15) is 0 Å². The molecule has 1 saturated heterocycles. The van der Waals surface area contributed by atoms with Gasteiger partial charge in [0.15, 0.2) is 0 Å². The van der Waals surface area contributed by atoms with Gasteiger partial charge >= 0.3 is 6.03 Å². The summed E-state index contributed by atoms with van der Waals surface area (Å²) in [5.41, 5.74) is -0.786. The number of rotatable bonds is 7. The zero-order chi connectivity index (χ0) is 15.9. The van der Waals surface area contributed by atoms with Gasteiger partial charge in [-0.1, -0.05) is 20.8 Å². The number of likely N-dealkylation sites (tertiary alicyclic amines) is 1. The summed E-state index contributed by atoms with van der Waals surface area (Å²) in [4.78, 5) is 14.2. The highest BCUT2D eigenvalue weighted by molar-refractivity contribution is 5.73. The van der Waals surface area contributed by atoms with Gasteiger partial charge in [-0.25, -0.2) is 4.79 Å². The zero-order valence-corrected chi connectivity index (χ0v) is 14.1. The quantitative estimate of drug-likeness (QED) is 0.673. The highest BCUT2D eigenvalue weighted by Gasteiger charge is 2.23. The van der Waals surface area contributed by atoms with Crippen molar-refractivity contribution in [1.29, 1.82) is 0 Å².